The summed E-state index contributed by atoms with van der Waals surface area (Å²) in [6, 6.07) is 9.07. The second-order valence-corrected chi connectivity index (χ2v) is 6.91. The van der Waals surface area contributed by atoms with Gasteiger partial charge in [0.05, 0.1) is 19.9 Å². The number of fused-ring (bicyclic) bond motifs is 1. The average molecular weight is 409 g/mol. The molecule has 0 radical (unpaired) electrons. The monoisotopic (exact) mass is 409 g/mol. The maximum absolute atomic E-state index is 13.1. The van der Waals surface area contributed by atoms with Gasteiger partial charge in [-0.2, -0.15) is 5.10 Å². The Morgan fingerprint density at radius 1 is 1.30 bits per heavy atom. The Labute approximate surface area is 173 Å². The van der Waals surface area contributed by atoms with Crippen molar-refractivity contribution in [1.29, 1.82) is 0 Å². The summed E-state index contributed by atoms with van der Waals surface area (Å²) >= 11 is 0. The Morgan fingerprint density at radius 2 is 2.10 bits per heavy atom. The van der Waals surface area contributed by atoms with Gasteiger partial charge in [0.25, 0.3) is 11.8 Å². The number of hydrogen-bond acceptors (Lipinski definition) is 6. The van der Waals surface area contributed by atoms with Gasteiger partial charge in [-0.05, 0) is 18.9 Å². The van der Waals surface area contributed by atoms with Crippen molar-refractivity contribution in [1.82, 2.24) is 29.9 Å². The molecule has 2 aromatic heterocycles. The molecule has 1 aromatic carbocycles. The highest BCUT2D eigenvalue weighted by atomic mass is 16.5. The molecule has 10 nitrogen and oxygen atoms in total. The van der Waals surface area contributed by atoms with Gasteiger partial charge in [-0.3, -0.25) is 14.5 Å². The summed E-state index contributed by atoms with van der Waals surface area (Å²) < 4.78 is 8.66. The van der Waals surface area contributed by atoms with Crippen molar-refractivity contribution in [3.05, 3.63) is 54.2 Å². The fourth-order valence-electron chi connectivity index (χ4n) is 3.52. The first-order valence-corrected chi connectivity index (χ1v) is 9.76. The molecule has 156 valence electrons. The van der Waals surface area contributed by atoms with Gasteiger partial charge in [0.15, 0.2) is 11.6 Å². The van der Waals surface area contributed by atoms with Gasteiger partial charge in [0.1, 0.15) is 12.4 Å². The maximum atomic E-state index is 13.1. The standard InChI is InChI=1S/C20H23N7O3/c1-3-26-19-16(30-2)11-22-27(19)10-9-15(20(26)29)23-18(28)17-21-13-25(24-17)12-14-7-5-4-6-8-14/h4-8,11,13,15H,3,9-10,12H2,1-2H3,(H,23,28). The van der Waals surface area contributed by atoms with Gasteiger partial charge >= 0.3 is 0 Å². The number of hydrogen-bond donors (Lipinski definition) is 1. The van der Waals surface area contributed by atoms with E-state index < -0.39 is 11.9 Å². The minimum absolute atomic E-state index is 0.0290. The molecule has 0 bridgehead atoms. The molecule has 4 rings (SSSR count). The highest BCUT2D eigenvalue weighted by Gasteiger charge is 2.34. The fraction of sp³-hybridized carbons (Fsp3) is 0.350. The molecule has 1 aliphatic rings. The van der Waals surface area contributed by atoms with Crippen LogP contribution in [0.25, 0.3) is 0 Å². The van der Waals surface area contributed by atoms with Crippen LogP contribution < -0.4 is 15.0 Å². The van der Waals surface area contributed by atoms with Crippen LogP contribution in [0.2, 0.25) is 0 Å². The number of rotatable bonds is 6. The predicted molar refractivity (Wildman–Crippen MR) is 108 cm³/mol. The Bertz CT molecular complexity index is 1040. The summed E-state index contributed by atoms with van der Waals surface area (Å²) in [4.78, 5) is 31.5. The van der Waals surface area contributed by atoms with E-state index in [0.717, 1.165) is 5.56 Å². The van der Waals surface area contributed by atoms with Crippen LogP contribution in [0.4, 0.5) is 5.82 Å². The number of nitrogens with zero attached hydrogens (tertiary/aromatic N) is 6. The van der Waals surface area contributed by atoms with E-state index in [0.29, 0.717) is 37.6 Å². The molecule has 0 fully saturated rings. The van der Waals surface area contributed by atoms with E-state index >= 15 is 0 Å². The first-order chi connectivity index (χ1) is 14.6. The van der Waals surface area contributed by atoms with E-state index in [1.807, 2.05) is 37.3 Å². The molecule has 10 heteroatoms. The van der Waals surface area contributed by atoms with Crippen LogP contribution in [0.15, 0.2) is 42.9 Å². The Morgan fingerprint density at radius 3 is 2.83 bits per heavy atom. The van der Waals surface area contributed by atoms with E-state index in [2.05, 4.69) is 20.5 Å². The zero-order chi connectivity index (χ0) is 21.1. The molecule has 3 aromatic rings. The Balaban J connectivity index is 1.47. The molecule has 0 saturated heterocycles. The Kier molecular flexibility index (Phi) is 5.46. The zero-order valence-corrected chi connectivity index (χ0v) is 16.9. The summed E-state index contributed by atoms with van der Waals surface area (Å²) in [5.41, 5.74) is 1.05. The number of carbonyl (C=O) groups is 2. The molecule has 1 N–H and O–H groups in total. The molecular weight excluding hydrogens is 386 g/mol. The number of anilines is 1. The normalized spacial score (nSPS) is 16.1. The predicted octanol–water partition coefficient (Wildman–Crippen LogP) is 1.09. The maximum Gasteiger partial charge on any atom is 0.291 e. The number of nitrogens with one attached hydrogen (secondary N) is 1. The summed E-state index contributed by atoms with van der Waals surface area (Å²) in [5.74, 6) is 0.460. The lowest BCUT2D eigenvalue weighted by Crippen LogP contribution is -2.48. The number of methoxy groups -OCH3 is 1. The third-order valence-electron chi connectivity index (χ3n) is 5.00. The molecule has 1 atom stereocenters. The quantitative estimate of drug-likeness (QED) is 0.653. The molecular formula is C20H23N7O3. The molecule has 1 aliphatic heterocycles. The first-order valence-electron chi connectivity index (χ1n) is 9.76. The number of benzene rings is 1. The van der Waals surface area contributed by atoms with E-state index in [4.69, 9.17) is 4.74 Å². The van der Waals surface area contributed by atoms with Crippen molar-refractivity contribution >= 4 is 17.6 Å². The highest BCUT2D eigenvalue weighted by Crippen LogP contribution is 2.31. The van der Waals surface area contributed by atoms with Gasteiger partial charge in [-0.15, -0.1) is 5.10 Å². The largest absolute Gasteiger partial charge is 0.491 e. The van der Waals surface area contributed by atoms with E-state index in [9.17, 15) is 9.59 Å². The summed E-state index contributed by atoms with van der Waals surface area (Å²) in [5, 5.41) is 11.3. The second kappa shape index (κ2) is 8.36. The number of ether oxygens (including phenoxy) is 1. The summed E-state index contributed by atoms with van der Waals surface area (Å²) in [6.45, 7) is 3.28. The Hall–Kier alpha value is -3.69. The second-order valence-electron chi connectivity index (χ2n) is 6.91. The highest BCUT2D eigenvalue weighted by molar-refractivity contribution is 6.01. The molecule has 1 unspecified atom stereocenters. The van der Waals surface area contributed by atoms with Crippen LogP contribution in [0.1, 0.15) is 29.5 Å². The third kappa shape index (κ3) is 3.76. The number of aromatic nitrogens is 5. The molecule has 30 heavy (non-hydrogen) atoms. The van der Waals surface area contributed by atoms with Gasteiger partial charge < -0.3 is 10.1 Å². The number of carbonyl (C=O) groups excluding carboxylic acids is 2. The smallest absolute Gasteiger partial charge is 0.291 e. The van der Waals surface area contributed by atoms with Crippen LogP contribution in [-0.4, -0.2) is 56.1 Å². The molecule has 0 saturated carbocycles. The van der Waals surface area contributed by atoms with Crippen LogP contribution in [0.5, 0.6) is 5.75 Å². The SMILES string of the molecule is CCN1C(=O)C(NC(=O)c2ncn(Cc3ccccc3)n2)CCn2ncc(OC)c21. The minimum Gasteiger partial charge on any atom is -0.491 e. The minimum atomic E-state index is -0.704. The van der Waals surface area contributed by atoms with E-state index in [-0.39, 0.29) is 11.7 Å². The van der Waals surface area contributed by atoms with Gasteiger partial charge in [0, 0.05) is 13.1 Å². The lowest BCUT2D eigenvalue weighted by Gasteiger charge is -2.23. The zero-order valence-electron chi connectivity index (χ0n) is 16.9. The average Bonchev–Trinajstić information content (AvgIpc) is 3.36. The van der Waals surface area contributed by atoms with Crippen molar-refractivity contribution in [2.75, 3.05) is 18.6 Å². The van der Waals surface area contributed by atoms with E-state index in [1.54, 1.807) is 20.5 Å². The van der Waals surface area contributed by atoms with Crippen molar-refractivity contribution < 1.29 is 14.3 Å². The number of aryl methyl sites for hydroxylation is 1. The van der Waals surface area contributed by atoms with Gasteiger partial charge in [-0.25, -0.2) is 14.3 Å². The van der Waals surface area contributed by atoms with Crippen LogP contribution in [0.3, 0.4) is 0 Å². The summed E-state index contributed by atoms with van der Waals surface area (Å²) in [6.07, 6.45) is 3.51. The van der Waals surface area contributed by atoms with Crippen molar-refractivity contribution in [2.24, 2.45) is 0 Å². The molecule has 3 heterocycles. The van der Waals surface area contributed by atoms with Crippen LogP contribution >= 0.6 is 0 Å². The molecule has 0 aliphatic carbocycles. The van der Waals surface area contributed by atoms with Crippen LogP contribution in [-0.2, 0) is 17.9 Å². The number of amides is 2. The van der Waals surface area contributed by atoms with Crippen molar-refractivity contribution in [3.8, 4) is 5.75 Å². The lowest BCUT2D eigenvalue weighted by atomic mass is 10.2. The van der Waals surface area contributed by atoms with Gasteiger partial charge in [-0.1, -0.05) is 30.3 Å². The van der Waals surface area contributed by atoms with Crippen LogP contribution in [0, 0.1) is 0 Å². The van der Waals surface area contributed by atoms with Crippen molar-refractivity contribution in [2.45, 2.75) is 32.5 Å². The molecule has 2 amide bonds. The molecule has 0 spiro atoms. The van der Waals surface area contributed by atoms with E-state index in [1.165, 1.54) is 13.4 Å². The van der Waals surface area contributed by atoms with Crippen molar-refractivity contribution in [3.63, 3.8) is 0 Å². The third-order valence-corrected chi connectivity index (χ3v) is 5.00. The summed E-state index contributed by atoms with van der Waals surface area (Å²) in [7, 11) is 1.54. The number of likely N-dealkylation sites (N-methyl/N-ethyl adjacent to an activating group) is 1. The topological polar surface area (TPSA) is 107 Å². The first kappa shape index (κ1) is 19.6. The lowest BCUT2D eigenvalue weighted by molar-refractivity contribution is -0.120. The fourth-order valence-corrected chi connectivity index (χ4v) is 3.52. The van der Waals surface area contributed by atoms with Gasteiger partial charge in [0.2, 0.25) is 5.82 Å².